The van der Waals surface area contributed by atoms with Crippen molar-refractivity contribution >= 4 is 18.2 Å². The van der Waals surface area contributed by atoms with E-state index in [1.165, 1.54) is 103 Å². The number of unbranched alkanes of at least 4 members (excludes halogenated alkanes) is 16. The van der Waals surface area contributed by atoms with Gasteiger partial charge in [-0.2, -0.15) is 0 Å². The molecule has 0 saturated carbocycles. The van der Waals surface area contributed by atoms with E-state index in [1.807, 2.05) is 19.1 Å². The van der Waals surface area contributed by atoms with Gasteiger partial charge in [-0.3, -0.25) is 0 Å². The lowest BCUT2D eigenvalue weighted by Crippen LogP contribution is -2.35. The van der Waals surface area contributed by atoms with Crippen LogP contribution in [-0.4, -0.2) is 42.3 Å². The average molecular weight is 611 g/mol. The number of hydrogen-bond acceptors (Lipinski definition) is 4. The van der Waals surface area contributed by atoms with Gasteiger partial charge in [-0.25, -0.2) is 8.42 Å². The molecule has 41 heavy (non-hydrogen) atoms. The number of aryl methyl sites for hydroxylation is 1. The molecule has 1 aromatic rings. The molecule has 0 N–H and O–H groups in total. The van der Waals surface area contributed by atoms with Crippen molar-refractivity contribution in [3.05, 3.63) is 29.8 Å². The predicted octanol–water partition coefficient (Wildman–Crippen LogP) is 10.7. The maximum Gasteiger partial charge on any atom is 0.186 e. The van der Waals surface area contributed by atoms with Crippen LogP contribution in [0.5, 0.6) is 0 Å². The Kier molecular flexibility index (Phi) is 22.2. The molecule has 0 unspecified atom stereocenters. The minimum atomic E-state index is -3.38. The first kappa shape index (κ1) is 38.3. The molecule has 0 spiro atoms. The normalized spacial score (nSPS) is 13.1. The molecule has 240 valence electrons. The Labute approximate surface area is 256 Å². The van der Waals surface area contributed by atoms with Gasteiger partial charge in [0, 0.05) is 19.1 Å². The molecule has 0 amide bonds. The fourth-order valence-electron chi connectivity index (χ4n) is 5.32. The first-order valence-electron chi connectivity index (χ1n) is 17.2. The highest BCUT2D eigenvalue weighted by atomic mass is 32.2. The summed E-state index contributed by atoms with van der Waals surface area (Å²) < 4.78 is 38.7. The molecule has 0 aliphatic carbocycles. The van der Waals surface area contributed by atoms with Crippen LogP contribution in [0.15, 0.2) is 29.2 Å². The first-order chi connectivity index (χ1) is 19.7. The van der Waals surface area contributed by atoms with Crippen LogP contribution >= 0.6 is 0 Å². The monoisotopic (exact) mass is 610 g/mol. The predicted molar refractivity (Wildman–Crippen MR) is 180 cm³/mol. The van der Waals surface area contributed by atoms with E-state index >= 15 is 0 Å². The second-order valence-electron chi connectivity index (χ2n) is 13.0. The highest BCUT2D eigenvalue weighted by molar-refractivity contribution is 7.91. The third-order valence-electron chi connectivity index (χ3n) is 8.17. The Morgan fingerprint density at radius 3 is 1.61 bits per heavy atom. The zero-order chi connectivity index (χ0) is 30.2. The fourth-order valence-corrected chi connectivity index (χ4v) is 8.91. The van der Waals surface area contributed by atoms with Gasteiger partial charge in [-0.15, -0.1) is 0 Å². The number of sulfone groups is 1. The van der Waals surface area contributed by atoms with Gasteiger partial charge >= 0.3 is 0 Å². The zero-order valence-corrected chi connectivity index (χ0v) is 29.5. The van der Waals surface area contributed by atoms with Crippen LogP contribution in [0.25, 0.3) is 0 Å². The van der Waals surface area contributed by atoms with Crippen molar-refractivity contribution in [2.75, 3.05) is 25.6 Å². The molecule has 0 radical (unpaired) electrons. The average Bonchev–Trinajstić information content (AvgIpc) is 2.94. The molecule has 0 heterocycles. The van der Waals surface area contributed by atoms with Gasteiger partial charge in [0.1, 0.15) is 0 Å². The van der Waals surface area contributed by atoms with Crippen LogP contribution in [-0.2, 0) is 19.0 Å². The molecule has 0 fully saturated rings. The summed E-state index contributed by atoms with van der Waals surface area (Å²) in [6.45, 7) is 12.6. The van der Waals surface area contributed by atoms with E-state index in [-0.39, 0.29) is 11.7 Å². The van der Waals surface area contributed by atoms with Gasteiger partial charge < -0.3 is 9.16 Å². The molecule has 1 aromatic carbocycles. The molecule has 0 aromatic heterocycles. The maximum atomic E-state index is 13.1. The molecule has 1 rings (SSSR count). The lowest BCUT2D eigenvalue weighted by molar-refractivity contribution is 0.0816. The summed E-state index contributed by atoms with van der Waals surface area (Å²) in [6, 6.07) is 8.29. The van der Waals surface area contributed by atoms with E-state index in [9.17, 15) is 8.42 Å². The van der Waals surface area contributed by atoms with Crippen molar-refractivity contribution < 1.29 is 17.6 Å². The first-order valence-corrected chi connectivity index (χ1v) is 22.0. The van der Waals surface area contributed by atoms with E-state index in [0.29, 0.717) is 24.7 Å². The number of ether oxygens (including phenoxy) is 1. The summed E-state index contributed by atoms with van der Waals surface area (Å²) in [5.74, 6) is -0.0661. The Morgan fingerprint density at radius 1 is 0.659 bits per heavy atom. The highest BCUT2D eigenvalue weighted by Gasteiger charge is 2.27. The van der Waals surface area contributed by atoms with Crippen LogP contribution in [0.4, 0.5) is 0 Å². The van der Waals surface area contributed by atoms with Crippen LogP contribution in [0.2, 0.25) is 19.1 Å². The number of hydrogen-bond donors (Lipinski definition) is 0. The lowest BCUT2D eigenvalue weighted by Gasteiger charge is -2.26. The Hall–Kier alpha value is -0.693. The van der Waals surface area contributed by atoms with Crippen molar-refractivity contribution in [2.45, 2.75) is 160 Å². The largest absolute Gasteiger partial charge is 0.417 e. The standard InChI is InChI=1S/C35H66O4SSi/c1-6-8-10-11-12-13-14-15-16-17-18-19-20-21-22-23-28-38-30-34(31-39-41(4,5)29-9-7-2)32-40(36,37)35-26-24-33(3)25-27-35/h24-27,34H,6-23,28-32H2,1-5H3/t34-/m1/s1. The second-order valence-corrected chi connectivity index (χ2v) is 19.4. The zero-order valence-electron chi connectivity index (χ0n) is 27.7. The van der Waals surface area contributed by atoms with E-state index < -0.39 is 18.2 Å². The maximum absolute atomic E-state index is 13.1. The minimum absolute atomic E-state index is 0.0767. The van der Waals surface area contributed by atoms with Crippen molar-refractivity contribution in [2.24, 2.45) is 5.92 Å². The Balaban J connectivity index is 2.24. The molecule has 0 bridgehead atoms. The van der Waals surface area contributed by atoms with E-state index in [4.69, 9.17) is 9.16 Å². The molecule has 0 aliphatic rings. The van der Waals surface area contributed by atoms with Gasteiger partial charge in [0.25, 0.3) is 0 Å². The molecule has 0 aliphatic heterocycles. The highest BCUT2D eigenvalue weighted by Crippen LogP contribution is 2.20. The van der Waals surface area contributed by atoms with Crippen molar-refractivity contribution in [3.63, 3.8) is 0 Å². The molecular formula is C35H66O4SSi. The fraction of sp³-hybridized carbons (Fsp3) is 0.829. The molecular weight excluding hydrogens is 545 g/mol. The molecule has 4 nitrogen and oxygen atoms in total. The third-order valence-corrected chi connectivity index (χ3v) is 12.6. The summed E-state index contributed by atoms with van der Waals surface area (Å²) >= 11 is 0. The molecule has 0 saturated heterocycles. The summed E-state index contributed by atoms with van der Waals surface area (Å²) in [7, 11) is -5.17. The van der Waals surface area contributed by atoms with Crippen molar-refractivity contribution in [1.29, 1.82) is 0 Å². The number of rotatable bonds is 28. The smallest absolute Gasteiger partial charge is 0.186 e. The van der Waals surface area contributed by atoms with Crippen molar-refractivity contribution in [1.82, 2.24) is 0 Å². The van der Waals surface area contributed by atoms with Gasteiger partial charge in [-0.05, 0) is 44.6 Å². The Bertz CT molecular complexity index is 838. The summed E-state index contributed by atoms with van der Waals surface area (Å²) in [6.07, 6.45) is 24.0. The molecule has 1 atom stereocenters. The van der Waals surface area contributed by atoms with Crippen LogP contribution < -0.4 is 0 Å². The molecule has 6 heteroatoms. The van der Waals surface area contributed by atoms with Crippen LogP contribution in [0.3, 0.4) is 0 Å². The van der Waals surface area contributed by atoms with Crippen LogP contribution in [0, 0.1) is 12.8 Å². The summed E-state index contributed by atoms with van der Waals surface area (Å²) in [4.78, 5) is 0.397. The van der Waals surface area contributed by atoms with Gasteiger partial charge in [-0.1, -0.05) is 141 Å². The minimum Gasteiger partial charge on any atom is -0.417 e. The second kappa shape index (κ2) is 23.7. The van der Waals surface area contributed by atoms with Gasteiger partial charge in [0.15, 0.2) is 18.2 Å². The lowest BCUT2D eigenvalue weighted by atomic mass is 10.0. The van der Waals surface area contributed by atoms with Crippen LogP contribution in [0.1, 0.15) is 135 Å². The quantitative estimate of drug-likeness (QED) is 0.0699. The van der Waals surface area contributed by atoms with E-state index in [0.717, 1.165) is 24.4 Å². The van der Waals surface area contributed by atoms with E-state index in [2.05, 4.69) is 26.9 Å². The third kappa shape index (κ3) is 20.8. The Morgan fingerprint density at radius 2 is 1.12 bits per heavy atom. The van der Waals surface area contributed by atoms with E-state index in [1.54, 1.807) is 12.1 Å². The summed E-state index contributed by atoms with van der Waals surface area (Å²) in [5, 5.41) is 0. The summed E-state index contributed by atoms with van der Waals surface area (Å²) in [5.41, 5.74) is 1.06. The van der Waals surface area contributed by atoms with Gasteiger partial charge in [0.2, 0.25) is 0 Å². The van der Waals surface area contributed by atoms with Crippen molar-refractivity contribution in [3.8, 4) is 0 Å². The SMILES string of the molecule is CCCCCCCCCCCCCCCCCCOC[C@H](CO[Si](C)(C)CCCC)CS(=O)(=O)c1ccc(C)cc1. The number of benzene rings is 1. The van der Waals surface area contributed by atoms with Gasteiger partial charge in [0.05, 0.1) is 17.3 Å². The topological polar surface area (TPSA) is 52.6 Å².